The molecule has 5 heteroatoms. The number of hydrogen-bond donors (Lipinski definition) is 1. The number of nitrogens with zero attached hydrogens (tertiary/aromatic N) is 2. The Labute approximate surface area is 117 Å². The van der Waals surface area contributed by atoms with Crippen molar-refractivity contribution in [2.24, 2.45) is 0 Å². The van der Waals surface area contributed by atoms with E-state index in [0.29, 0.717) is 30.5 Å². The molecule has 2 aromatic heterocycles. The first-order valence-corrected chi connectivity index (χ1v) is 6.77. The molecule has 0 atom stereocenters. The zero-order chi connectivity index (χ0) is 13.9. The van der Waals surface area contributed by atoms with Crippen molar-refractivity contribution in [1.29, 1.82) is 0 Å². The van der Waals surface area contributed by atoms with E-state index < -0.39 is 0 Å². The van der Waals surface area contributed by atoms with Gasteiger partial charge in [-0.3, -0.25) is 4.98 Å². The van der Waals surface area contributed by atoms with Gasteiger partial charge < -0.3 is 15.0 Å². The van der Waals surface area contributed by atoms with E-state index in [1.54, 1.807) is 18.5 Å². The Morgan fingerprint density at radius 2 is 2.35 bits per heavy atom. The van der Waals surface area contributed by atoms with Gasteiger partial charge in [0.05, 0.1) is 12.3 Å². The summed E-state index contributed by atoms with van der Waals surface area (Å²) in [6.45, 7) is 0.347. The van der Waals surface area contributed by atoms with Crippen molar-refractivity contribution >= 4 is 11.7 Å². The number of nitrogen functional groups attached to an aromatic ring is 1. The first kappa shape index (κ1) is 12.7. The molecule has 2 heterocycles. The van der Waals surface area contributed by atoms with E-state index in [9.17, 15) is 4.79 Å². The van der Waals surface area contributed by atoms with E-state index >= 15 is 0 Å². The maximum Gasteiger partial charge on any atom is 0.355 e. The third kappa shape index (κ3) is 2.82. The van der Waals surface area contributed by atoms with Crippen molar-refractivity contribution in [1.82, 2.24) is 9.55 Å². The molecule has 0 bridgehead atoms. The maximum atomic E-state index is 12.1. The van der Waals surface area contributed by atoms with Gasteiger partial charge in [-0.15, -0.1) is 0 Å². The number of ether oxygens (including phenoxy) is 1. The molecule has 0 unspecified atom stereocenters. The molecule has 5 nitrogen and oxygen atoms in total. The van der Waals surface area contributed by atoms with Gasteiger partial charge in [0.1, 0.15) is 5.69 Å². The number of rotatable bonds is 5. The van der Waals surface area contributed by atoms with Gasteiger partial charge >= 0.3 is 5.97 Å². The minimum Gasteiger partial charge on any atom is -0.461 e. The van der Waals surface area contributed by atoms with Gasteiger partial charge in [0, 0.05) is 31.1 Å². The molecule has 0 aliphatic heterocycles. The highest BCUT2D eigenvalue weighted by Crippen LogP contribution is 2.37. The molecule has 0 amide bonds. The molecular weight excluding hydrogens is 254 g/mol. The summed E-state index contributed by atoms with van der Waals surface area (Å²) in [6, 6.07) is 5.93. The summed E-state index contributed by atoms with van der Waals surface area (Å²) in [5.74, 6) is -0.308. The van der Waals surface area contributed by atoms with Crippen molar-refractivity contribution in [3.8, 4) is 0 Å². The van der Waals surface area contributed by atoms with Crippen LogP contribution in [0, 0.1) is 0 Å². The zero-order valence-corrected chi connectivity index (χ0v) is 11.2. The van der Waals surface area contributed by atoms with Gasteiger partial charge in [0.2, 0.25) is 0 Å². The Balaban J connectivity index is 1.59. The van der Waals surface area contributed by atoms with Crippen LogP contribution in [0.15, 0.2) is 36.8 Å². The number of nitrogens with two attached hydrogens (primary N) is 1. The van der Waals surface area contributed by atoms with Gasteiger partial charge in [0.15, 0.2) is 0 Å². The first-order chi connectivity index (χ1) is 9.74. The molecule has 1 fully saturated rings. The summed E-state index contributed by atoms with van der Waals surface area (Å²) in [5, 5.41) is 0. The molecule has 1 aliphatic carbocycles. The predicted molar refractivity (Wildman–Crippen MR) is 75.3 cm³/mol. The minimum atomic E-state index is -0.308. The van der Waals surface area contributed by atoms with Crippen LogP contribution in [0.5, 0.6) is 0 Å². The fourth-order valence-corrected chi connectivity index (χ4v) is 2.20. The van der Waals surface area contributed by atoms with E-state index in [1.165, 1.54) is 0 Å². The Kier molecular flexibility index (Phi) is 3.41. The number of carbonyl (C=O) groups is 1. The number of pyridine rings is 1. The van der Waals surface area contributed by atoms with Crippen LogP contribution in [0.25, 0.3) is 0 Å². The van der Waals surface area contributed by atoms with Crippen molar-refractivity contribution in [2.45, 2.75) is 25.3 Å². The molecule has 1 aliphatic rings. The SMILES string of the molecule is Nc1cc(C(=O)OCCc2cccnc2)n(C2CC2)c1. The monoisotopic (exact) mass is 271 g/mol. The average Bonchev–Trinajstić information content (AvgIpc) is 3.22. The van der Waals surface area contributed by atoms with E-state index in [1.807, 2.05) is 22.9 Å². The second kappa shape index (κ2) is 5.36. The number of esters is 1. The van der Waals surface area contributed by atoms with Crippen LogP contribution < -0.4 is 5.73 Å². The average molecular weight is 271 g/mol. The van der Waals surface area contributed by atoms with Crippen LogP contribution in [-0.4, -0.2) is 22.1 Å². The van der Waals surface area contributed by atoms with E-state index in [0.717, 1.165) is 18.4 Å². The maximum absolute atomic E-state index is 12.1. The summed E-state index contributed by atoms with van der Waals surface area (Å²) < 4.78 is 7.25. The van der Waals surface area contributed by atoms with Gasteiger partial charge in [-0.25, -0.2) is 4.79 Å². The smallest absolute Gasteiger partial charge is 0.355 e. The second-order valence-electron chi connectivity index (χ2n) is 5.04. The Bertz CT molecular complexity index is 603. The summed E-state index contributed by atoms with van der Waals surface area (Å²) in [7, 11) is 0. The van der Waals surface area contributed by atoms with Crippen LogP contribution in [0.2, 0.25) is 0 Å². The molecule has 0 saturated heterocycles. The number of hydrogen-bond acceptors (Lipinski definition) is 4. The number of anilines is 1. The predicted octanol–water partition coefficient (Wildman–Crippen LogP) is 2.20. The lowest BCUT2D eigenvalue weighted by molar-refractivity contribution is 0.0496. The third-order valence-corrected chi connectivity index (χ3v) is 3.37. The molecule has 104 valence electrons. The quantitative estimate of drug-likeness (QED) is 0.846. The Morgan fingerprint density at radius 1 is 1.50 bits per heavy atom. The highest BCUT2D eigenvalue weighted by molar-refractivity contribution is 5.89. The van der Waals surface area contributed by atoms with E-state index in [4.69, 9.17) is 10.5 Å². The molecule has 0 spiro atoms. The van der Waals surface area contributed by atoms with Crippen LogP contribution in [0.4, 0.5) is 5.69 Å². The van der Waals surface area contributed by atoms with Crippen LogP contribution in [0.3, 0.4) is 0 Å². The summed E-state index contributed by atoms with van der Waals surface area (Å²) >= 11 is 0. The van der Waals surface area contributed by atoms with Crippen LogP contribution >= 0.6 is 0 Å². The first-order valence-electron chi connectivity index (χ1n) is 6.77. The van der Waals surface area contributed by atoms with Crippen molar-refractivity contribution < 1.29 is 9.53 Å². The van der Waals surface area contributed by atoms with Gasteiger partial charge in [0.25, 0.3) is 0 Å². The molecule has 0 aromatic carbocycles. The molecule has 1 saturated carbocycles. The zero-order valence-electron chi connectivity index (χ0n) is 11.2. The van der Waals surface area contributed by atoms with Crippen molar-refractivity contribution in [2.75, 3.05) is 12.3 Å². The number of carbonyl (C=O) groups excluding carboxylic acids is 1. The Morgan fingerprint density at radius 3 is 3.05 bits per heavy atom. The topological polar surface area (TPSA) is 70.1 Å². The standard InChI is InChI=1S/C15H17N3O2/c16-12-8-14(18(10-12)13-3-4-13)15(19)20-7-5-11-2-1-6-17-9-11/h1-2,6,8-10,13H,3-5,7,16H2. The number of aromatic nitrogens is 2. The molecule has 2 aromatic rings. The summed E-state index contributed by atoms with van der Waals surface area (Å²) in [5.41, 5.74) is 7.98. The van der Waals surface area contributed by atoms with Gasteiger partial charge in [-0.2, -0.15) is 0 Å². The molecule has 0 radical (unpaired) electrons. The lowest BCUT2D eigenvalue weighted by Gasteiger charge is -2.07. The van der Waals surface area contributed by atoms with Gasteiger partial charge in [-0.05, 0) is 30.5 Å². The van der Waals surface area contributed by atoms with Crippen molar-refractivity contribution in [3.05, 3.63) is 48.0 Å². The minimum absolute atomic E-state index is 0.308. The van der Waals surface area contributed by atoms with Gasteiger partial charge in [-0.1, -0.05) is 6.07 Å². The summed E-state index contributed by atoms with van der Waals surface area (Å²) in [4.78, 5) is 16.1. The van der Waals surface area contributed by atoms with Crippen LogP contribution in [-0.2, 0) is 11.2 Å². The molecular formula is C15H17N3O2. The molecule has 2 N–H and O–H groups in total. The Hall–Kier alpha value is -2.30. The molecule has 20 heavy (non-hydrogen) atoms. The van der Waals surface area contributed by atoms with Crippen LogP contribution in [0.1, 0.15) is 34.9 Å². The fraction of sp³-hybridized carbons (Fsp3) is 0.333. The second-order valence-corrected chi connectivity index (χ2v) is 5.04. The van der Waals surface area contributed by atoms with E-state index in [-0.39, 0.29) is 5.97 Å². The van der Waals surface area contributed by atoms with Crippen molar-refractivity contribution in [3.63, 3.8) is 0 Å². The lowest BCUT2D eigenvalue weighted by atomic mass is 10.2. The normalized spacial score (nSPS) is 14.2. The summed E-state index contributed by atoms with van der Waals surface area (Å²) in [6.07, 6.45) is 8.18. The van der Waals surface area contributed by atoms with E-state index in [2.05, 4.69) is 4.98 Å². The largest absolute Gasteiger partial charge is 0.461 e. The highest BCUT2D eigenvalue weighted by atomic mass is 16.5. The lowest BCUT2D eigenvalue weighted by Crippen LogP contribution is -2.12. The third-order valence-electron chi connectivity index (χ3n) is 3.37. The highest BCUT2D eigenvalue weighted by Gasteiger charge is 2.28. The fourth-order valence-electron chi connectivity index (χ4n) is 2.20. The molecule has 3 rings (SSSR count).